The minimum atomic E-state index is -0.489. The number of benzene rings is 1. The van der Waals surface area contributed by atoms with Gasteiger partial charge < -0.3 is 4.74 Å². The first-order valence-corrected chi connectivity index (χ1v) is 6.61. The third-order valence-corrected chi connectivity index (χ3v) is 3.83. The fraction of sp³-hybridized carbons (Fsp3) is 0.286. The molecule has 8 heteroatoms. The summed E-state index contributed by atoms with van der Waals surface area (Å²) >= 11 is 0. The van der Waals surface area contributed by atoms with Crippen LogP contribution in [0, 0.1) is 21.6 Å². The van der Waals surface area contributed by atoms with Crippen molar-refractivity contribution in [2.24, 2.45) is 7.05 Å². The third kappa shape index (κ3) is 1.95. The van der Waals surface area contributed by atoms with Crippen LogP contribution in [-0.4, -0.2) is 28.4 Å². The van der Waals surface area contributed by atoms with Crippen LogP contribution >= 0.6 is 0 Å². The van der Waals surface area contributed by atoms with Crippen LogP contribution in [0.4, 0.5) is 11.4 Å². The van der Waals surface area contributed by atoms with Crippen molar-refractivity contribution < 1.29 is 9.66 Å². The molecule has 22 heavy (non-hydrogen) atoms. The molecule has 2 aromatic rings. The first kappa shape index (κ1) is 13.9. The molecule has 0 unspecified atom stereocenters. The maximum atomic E-state index is 11.2. The molecular weight excluding hydrogens is 286 g/mol. The van der Waals surface area contributed by atoms with E-state index in [-0.39, 0.29) is 11.4 Å². The summed E-state index contributed by atoms with van der Waals surface area (Å²) in [7, 11) is 3.19. The smallest absolute Gasteiger partial charge is 0.311 e. The molecule has 0 bridgehead atoms. The number of ether oxygens (including phenoxy) is 1. The average molecular weight is 299 g/mol. The van der Waals surface area contributed by atoms with Gasteiger partial charge in [0.2, 0.25) is 0 Å². The minimum absolute atomic E-state index is 0.129. The van der Waals surface area contributed by atoms with Gasteiger partial charge in [0.15, 0.2) is 11.9 Å². The molecule has 1 aliphatic rings. The Hall–Kier alpha value is -3.08. The van der Waals surface area contributed by atoms with E-state index in [0.717, 1.165) is 11.3 Å². The molecule has 8 nitrogen and oxygen atoms in total. The Morgan fingerprint density at radius 2 is 2.23 bits per heavy atom. The van der Waals surface area contributed by atoms with Crippen molar-refractivity contribution in [2.75, 3.05) is 18.6 Å². The predicted molar refractivity (Wildman–Crippen MR) is 78.5 cm³/mol. The molecule has 1 aromatic carbocycles. The Kier molecular flexibility index (Phi) is 3.18. The van der Waals surface area contributed by atoms with E-state index in [0.29, 0.717) is 24.2 Å². The first-order chi connectivity index (χ1) is 10.6. The molecule has 3 rings (SSSR count). The van der Waals surface area contributed by atoms with Crippen LogP contribution in [0.3, 0.4) is 0 Å². The highest BCUT2D eigenvalue weighted by molar-refractivity contribution is 5.85. The largest absolute Gasteiger partial charge is 0.490 e. The number of fused-ring (bicyclic) bond motifs is 3. The number of hydrogen-bond donors (Lipinski definition) is 0. The van der Waals surface area contributed by atoms with E-state index < -0.39 is 4.92 Å². The topological polar surface area (TPSA) is 97.2 Å². The van der Waals surface area contributed by atoms with Gasteiger partial charge in [-0.05, 0) is 0 Å². The number of hydrogen-bond acceptors (Lipinski definition) is 6. The highest BCUT2D eigenvalue weighted by Crippen LogP contribution is 2.42. The minimum Gasteiger partial charge on any atom is -0.490 e. The molecule has 0 spiro atoms. The number of nitriles is 1. The maximum absolute atomic E-state index is 11.2. The van der Waals surface area contributed by atoms with Gasteiger partial charge in [-0.2, -0.15) is 10.4 Å². The van der Waals surface area contributed by atoms with Gasteiger partial charge in [-0.1, -0.05) is 0 Å². The standard InChI is InChI=1S/C14H13N5O3/c1-17-11-3-4-18(8-15)12-6-14(22-2)13(19(20)21)5-9(12)10(11)7-16-17/h5-7H,3-4H2,1-2H3. The third-order valence-electron chi connectivity index (χ3n) is 3.83. The van der Waals surface area contributed by atoms with Crippen LogP contribution in [0.2, 0.25) is 0 Å². The van der Waals surface area contributed by atoms with Crippen LogP contribution < -0.4 is 9.64 Å². The monoisotopic (exact) mass is 299 g/mol. The molecule has 1 aliphatic heterocycles. The Morgan fingerprint density at radius 1 is 1.45 bits per heavy atom. The highest BCUT2D eigenvalue weighted by atomic mass is 16.6. The molecule has 1 aromatic heterocycles. The van der Waals surface area contributed by atoms with E-state index in [1.807, 2.05) is 7.05 Å². The van der Waals surface area contributed by atoms with Gasteiger partial charge >= 0.3 is 5.69 Å². The number of nitrogens with zero attached hydrogens (tertiary/aromatic N) is 5. The maximum Gasteiger partial charge on any atom is 0.311 e. The summed E-state index contributed by atoms with van der Waals surface area (Å²) in [5.41, 5.74) is 2.83. The Balaban J connectivity index is 2.33. The molecule has 0 saturated heterocycles. The summed E-state index contributed by atoms with van der Waals surface area (Å²) in [4.78, 5) is 12.3. The van der Waals surface area contributed by atoms with E-state index in [9.17, 15) is 15.4 Å². The van der Waals surface area contributed by atoms with Crippen LogP contribution in [0.25, 0.3) is 11.1 Å². The molecule has 0 radical (unpaired) electrons. The van der Waals surface area contributed by atoms with Crippen LogP contribution in [-0.2, 0) is 13.5 Å². The van der Waals surface area contributed by atoms with Crippen molar-refractivity contribution in [1.29, 1.82) is 5.26 Å². The van der Waals surface area contributed by atoms with Crippen molar-refractivity contribution in [2.45, 2.75) is 6.42 Å². The van der Waals surface area contributed by atoms with Crippen LogP contribution in [0.1, 0.15) is 5.69 Å². The van der Waals surface area contributed by atoms with Crippen molar-refractivity contribution in [1.82, 2.24) is 9.78 Å². The fourth-order valence-electron chi connectivity index (χ4n) is 2.73. The van der Waals surface area contributed by atoms with Gasteiger partial charge in [-0.15, -0.1) is 0 Å². The normalized spacial score (nSPS) is 12.9. The molecule has 2 heterocycles. The quantitative estimate of drug-likeness (QED) is 0.477. The predicted octanol–water partition coefficient (Wildman–Crippen LogP) is 1.85. The number of nitro benzene ring substituents is 1. The first-order valence-electron chi connectivity index (χ1n) is 6.61. The van der Waals surface area contributed by atoms with Crippen molar-refractivity contribution in [3.63, 3.8) is 0 Å². The summed E-state index contributed by atoms with van der Waals surface area (Å²) in [6.07, 6.45) is 4.42. The lowest BCUT2D eigenvalue weighted by Crippen LogP contribution is -2.19. The fourth-order valence-corrected chi connectivity index (χ4v) is 2.73. The summed E-state index contributed by atoms with van der Waals surface area (Å²) in [5.74, 6) is 0.136. The summed E-state index contributed by atoms with van der Waals surface area (Å²) < 4.78 is 6.83. The van der Waals surface area contributed by atoms with Crippen LogP contribution in [0.15, 0.2) is 18.3 Å². The SMILES string of the molecule is COc1cc2c(cc1[N+](=O)[O-])-c1cnn(C)c1CCN2C#N. The highest BCUT2D eigenvalue weighted by Gasteiger charge is 2.27. The summed E-state index contributed by atoms with van der Waals surface area (Å²) in [6, 6.07) is 2.99. The van der Waals surface area contributed by atoms with E-state index in [1.165, 1.54) is 18.1 Å². The average Bonchev–Trinajstić information content (AvgIpc) is 2.79. The number of anilines is 1. The van der Waals surface area contributed by atoms with Gasteiger partial charge in [0, 0.05) is 49.0 Å². The molecule has 0 aliphatic carbocycles. The van der Waals surface area contributed by atoms with Crippen molar-refractivity contribution in [3.05, 3.63) is 34.1 Å². The van der Waals surface area contributed by atoms with Gasteiger partial charge in [-0.25, -0.2) is 0 Å². The Morgan fingerprint density at radius 3 is 2.86 bits per heavy atom. The molecule has 0 N–H and O–H groups in total. The second-order valence-corrected chi connectivity index (χ2v) is 4.93. The second kappa shape index (κ2) is 5.04. The van der Waals surface area contributed by atoms with Gasteiger partial charge in [0.05, 0.1) is 23.9 Å². The number of nitro groups is 1. The summed E-state index contributed by atoms with van der Waals surface area (Å²) in [6.45, 7) is 0.483. The van der Waals surface area contributed by atoms with Gasteiger partial charge in [0.1, 0.15) is 0 Å². The van der Waals surface area contributed by atoms with E-state index in [4.69, 9.17) is 4.74 Å². The number of aromatic nitrogens is 2. The zero-order valence-electron chi connectivity index (χ0n) is 12.1. The molecule has 112 valence electrons. The van der Waals surface area contributed by atoms with Crippen molar-refractivity contribution in [3.8, 4) is 23.1 Å². The van der Waals surface area contributed by atoms with Crippen molar-refractivity contribution >= 4 is 11.4 Å². The van der Waals surface area contributed by atoms with E-state index in [2.05, 4.69) is 11.3 Å². The number of methoxy groups -OCH3 is 1. The Labute approximate surface area is 126 Å². The van der Waals surface area contributed by atoms with Gasteiger partial charge in [-0.3, -0.25) is 19.7 Å². The van der Waals surface area contributed by atoms with Crippen LogP contribution in [0.5, 0.6) is 5.75 Å². The van der Waals surface area contributed by atoms with E-state index >= 15 is 0 Å². The van der Waals surface area contributed by atoms with Gasteiger partial charge in [0.25, 0.3) is 0 Å². The number of aryl methyl sites for hydroxylation is 1. The number of rotatable bonds is 2. The molecule has 0 amide bonds. The zero-order chi connectivity index (χ0) is 15.9. The molecular formula is C14H13N5O3. The second-order valence-electron chi connectivity index (χ2n) is 4.93. The summed E-state index contributed by atoms with van der Waals surface area (Å²) in [5, 5.41) is 24.8. The lowest BCUT2D eigenvalue weighted by molar-refractivity contribution is -0.385. The molecule has 0 atom stereocenters. The molecule has 0 fully saturated rings. The van der Waals surface area contributed by atoms with E-state index in [1.54, 1.807) is 16.9 Å². The Bertz CT molecular complexity index is 806. The zero-order valence-corrected chi connectivity index (χ0v) is 12.1. The lowest BCUT2D eigenvalue weighted by Gasteiger charge is -2.16. The lowest BCUT2D eigenvalue weighted by atomic mass is 10.0. The molecule has 0 saturated carbocycles.